The SMILES string of the molecule is COC1(CCC(C)COC2OC(CO)C(O)C(O)C2O)OC2CC3C4CCC5CC(OC6OC(CO)C(OC7OC(CO)C(O)C(O)C7O)C(O)C6OC6OC(C)C(O)C(O)C6O)CCC5(C)C4CC(=O)C3(C)C2C1C. The maximum Gasteiger partial charge on any atom is 0.187 e. The molecule has 9 aliphatic rings. The van der Waals surface area contributed by atoms with Crippen molar-refractivity contribution in [2.75, 3.05) is 33.5 Å². The molecule has 438 valence electrons. The Morgan fingerprint density at radius 1 is 0.632 bits per heavy atom. The largest absolute Gasteiger partial charge is 0.394 e. The van der Waals surface area contributed by atoms with Gasteiger partial charge in [0.25, 0.3) is 0 Å². The molecule has 76 heavy (non-hydrogen) atoms. The third-order valence-electron chi connectivity index (χ3n) is 20.2. The minimum atomic E-state index is -1.86. The molecule has 9 rings (SSSR count). The highest BCUT2D eigenvalue weighted by Crippen LogP contribution is 2.70. The number of carbonyl (C=O) groups is 1. The van der Waals surface area contributed by atoms with Crippen LogP contribution in [0.3, 0.4) is 0 Å². The van der Waals surface area contributed by atoms with Crippen LogP contribution < -0.4 is 0 Å². The second-order valence-corrected chi connectivity index (χ2v) is 24.3. The summed E-state index contributed by atoms with van der Waals surface area (Å²) in [4.78, 5) is 15.0. The summed E-state index contributed by atoms with van der Waals surface area (Å²) >= 11 is 0. The van der Waals surface area contributed by atoms with E-state index in [0.29, 0.717) is 38.5 Å². The summed E-state index contributed by atoms with van der Waals surface area (Å²) in [5.74, 6) is -0.427. The molecule has 0 bridgehead atoms. The van der Waals surface area contributed by atoms with Crippen LogP contribution in [0, 0.1) is 52.3 Å². The van der Waals surface area contributed by atoms with Crippen LogP contribution in [0.4, 0.5) is 0 Å². The molecule has 0 amide bonds. The Morgan fingerprint density at radius 2 is 1.21 bits per heavy atom. The van der Waals surface area contributed by atoms with Gasteiger partial charge in [0, 0.05) is 37.2 Å². The van der Waals surface area contributed by atoms with Crippen molar-refractivity contribution in [3.05, 3.63) is 0 Å². The summed E-state index contributed by atoms with van der Waals surface area (Å²) in [6.07, 6.45) is -25.5. The summed E-state index contributed by atoms with van der Waals surface area (Å²) in [5.41, 5.74) is -0.877. The molecule has 24 nitrogen and oxygen atoms in total. The van der Waals surface area contributed by atoms with E-state index in [0.717, 1.165) is 19.3 Å². The van der Waals surface area contributed by atoms with Crippen LogP contribution >= 0.6 is 0 Å². The number of hydrogen-bond acceptors (Lipinski definition) is 24. The minimum absolute atomic E-state index is 0.0681. The molecule has 5 heterocycles. The Labute approximate surface area is 442 Å². The van der Waals surface area contributed by atoms with Gasteiger partial charge in [-0.25, -0.2) is 0 Å². The molecule has 9 fully saturated rings. The first kappa shape index (κ1) is 59.4. The molecule has 13 N–H and O–H groups in total. The molecule has 5 aliphatic heterocycles. The average molecular weight is 1100 g/mol. The Morgan fingerprint density at radius 3 is 1.84 bits per heavy atom. The number of fused-ring (bicyclic) bond motifs is 7. The van der Waals surface area contributed by atoms with Gasteiger partial charge in [0.15, 0.2) is 30.9 Å². The van der Waals surface area contributed by atoms with Gasteiger partial charge < -0.3 is 114 Å². The number of rotatable bonds is 16. The molecule has 24 heteroatoms. The third kappa shape index (κ3) is 10.3. The number of ether oxygens (including phenoxy) is 10. The standard InChI is InChI=1S/C52H86O24/c1-20(19-68-46-40(63)38(61)35(58)29(16-53)71-46)9-12-52(67-6)21(2)33-28(76-52)14-27-25-8-7-23-13-24(10-11-50(23,4)26(25)15-32(56)51(27,33)5)70-49-45(75-47-41(64)37(60)34(57)22(3)69-47)43(66)44(31(18-55)73-49)74-48-42(65)39(62)36(59)30(17-54)72-48/h20-31,33-49,53-55,57-66H,7-19H2,1-6H3. The molecular weight excluding hydrogens is 1010 g/mol. The van der Waals surface area contributed by atoms with Crippen molar-refractivity contribution >= 4 is 5.78 Å². The summed E-state index contributed by atoms with van der Waals surface area (Å²) < 4.78 is 61.0. The van der Waals surface area contributed by atoms with E-state index < -0.39 is 160 Å². The van der Waals surface area contributed by atoms with Crippen molar-refractivity contribution in [3.8, 4) is 0 Å². The van der Waals surface area contributed by atoms with Gasteiger partial charge in [-0.2, -0.15) is 0 Å². The summed E-state index contributed by atoms with van der Waals surface area (Å²) in [5, 5.41) is 137. The van der Waals surface area contributed by atoms with Crippen molar-refractivity contribution in [2.24, 2.45) is 52.3 Å². The van der Waals surface area contributed by atoms with Gasteiger partial charge in [0.2, 0.25) is 0 Å². The lowest BCUT2D eigenvalue weighted by atomic mass is 9.44. The van der Waals surface area contributed by atoms with E-state index in [2.05, 4.69) is 20.8 Å². The van der Waals surface area contributed by atoms with E-state index in [1.807, 2.05) is 6.92 Å². The second-order valence-electron chi connectivity index (χ2n) is 24.3. The zero-order valence-electron chi connectivity index (χ0n) is 44.2. The van der Waals surface area contributed by atoms with Crippen LogP contribution in [0.15, 0.2) is 0 Å². The van der Waals surface area contributed by atoms with Crippen LogP contribution in [0.2, 0.25) is 0 Å². The average Bonchev–Trinajstić information content (AvgIpc) is 3.87. The zero-order valence-corrected chi connectivity index (χ0v) is 44.2. The molecule has 5 saturated heterocycles. The Balaban J connectivity index is 0.854. The molecule has 32 atom stereocenters. The Bertz CT molecular complexity index is 1950. The first-order chi connectivity index (χ1) is 36.0. The number of carbonyl (C=O) groups excluding carboxylic acids is 1. The van der Waals surface area contributed by atoms with Gasteiger partial charge in [-0.05, 0) is 86.9 Å². The number of aliphatic hydroxyl groups is 13. The molecular formula is C52H86O24. The molecule has 4 aliphatic carbocycles. The van der Waals surface area contributed by atoms with E-state index in [1.54, 1.807) is 7.11 Å². The fourth-order valence-corrected chi connectivity index (χ4v) is 15.6. The summed E-state index contributed by atoms with van der Waals surface area (Å²) in [6.45, 7) is 8.07. The van der Waals surface area contributed by atoms with E-state index in [9.17, 15) is 71.2 Å². The van der Waals surface area contributed by atoms with E-state index >= 15 is 0 Å². The molecule has 4 saturated carbocycles. The van der Waals surface area contributed by atoms with Crippen LogP contribution in [0.25, 0.3) is 0 Å². The van der Waals surface area contributed by atoms with Crippen molar-refractivity contribution < 1.29 is 119 Å². The van der Waals surface area contributed by atoms with Crippen molar-refractivity contribution in [2.45, 2.75) is 233 Å². The van der Waals surface area contributed by atoms with Crippen molar-refractivity contribution in [3.63, 3.8) is 0 Å². The summed E-state index contributed by atoms with van der Waals surface area (Å²) in [6, 6.07) is 0. The smallest absolute Gasteiger partial charge is 0.187 e. The Hall–Kier alpha value is -1.25. The molecule has 0 aromatic heterocycles. The second kappa shape index (κ2) is 23.2. The molecule has 0 radical (unpaired) electrons. The monoisotopic (exact) mass is 1090 g/mol. The molecule has 0 spiro atoms. The van der Waals surface area contributed by atoms with Gasteiger partial charge >= 0.3 is 0 Å². The van der Waals surface area contributed by atoms with Crippen LogP contribution in [0.1, 0.15) is 92.4 Å². The van der Waals surface area contributed by atoms with Crippen LogP contribution in [0.5, 0.6) is 0 Å². The van der Waals surface area contributed by atoms with Gasteiger partial charge in [-0.3, -0.25) is 4.79 Å². The fraction of sp³-hybridized carbons (Fsp3) is 0.981. The number of aliphatic hydroxyl groups excluding tert-OH is 13. The maximum atomic E-state index is 15.0. The minimum Gasteiger partial charge on any atom is -0.394 e. The fourth-order valence-electron chi connectivity index (χ4n) is 15.6. The summed E-state index contributed by atoms with van der Waals surface area (Å²) in [7, 11) is 1.64. The van der Waals surface area contributed by atoms with Crippen LogP contribution in [-0.4, -0.2) is 247 Å². The highest BCUT2D eigenvalue weighted by Gasteiger charge is 2.72. The number of Topliss-reactive ketones (excluding diaryl/α,β-unsaturated/α-hetero) is 1. The van der Waals surface area contributed by atoms with Crippen molar-refractivity contribution in [1.82, 2.24) is 0 Å². The molecule has 0 aromatic carbocycles. The molecule has 32 unspecified atom stereocenters. The van der Waals surface area contributed by atoms with Crippen LogP contribution in [-0.2, 0) is 52.2 Å². The first-order valence-corrected chi connectivity index (χ1v) is 27.6. The van der Waals surface area contributed by atoms with Crippen molar-refractivity contribution in [1.29, 1.82) is 0 Å². The lowest BCUT2D eigenvalue weighted by Gasteiger charge is -2.60. The maximum absolute atomic E-state index is 15.0. The quantitative estimate of drug-likeness (QED) is 0.0681. The normalized spacial score (nSPS) is 54.9. The number of methoxy groups -OCH3 is 1. The first-order valence-electron chi connectivity index (χ1n) is 27.6. The van der Waals surface area contributed by atoms with Gasteiger partial charge in [-0.15, -0.1) is 0 Å². The zero-order chi connectivity index (χ0) is 55.1. The van der Waals surface area contributed by atoms with Gasteiger partial charge in [0.1, 0.15) is 97.3 Å². The highest BCUT2D eigenvalue weighted by molar-refractivity contribution is 5.87. The number of ketones is 1. The lowest BCUT2D eigenvalue weighted by Crippen LogP contribution is -2.67. The Kier molecular flexibility index (Phi) is 18.1. The number of hydrogen-bond donors (Lipinski definition) is 13. The van der Waals surface area contributed by atoms with E-state index in [-0.39, 0.29) is 65.3 Å². The van der Waals surface area contributed by atoms with E-state index in [1.165, 1.54) is 6.92 Å². The predicted molar refractivity (Wildman–Crippen MR) is 255 cm³/mol. The van der Waals surface area contributed by atoms with Gasteiger partial charge in [-0.1, -0.05) is 27.7 Å². The highest BCUT2D eigenvalue weighted by atomic mass is 16.8. The van der Waals surface area contributed by atoms with Gasteiger partial charge in [0.05, 0.1) is 44.7 Å². The predicted octanol–water partition coefficient (Wildman–Crippen LogP) is -3.09. The van der Waals surface area contributed by atoms with E-state index in [4.69, 9.17) is 47.4 Å². The molecule has 0 aromatic rings. The third-order valence-corrected chi connectivity index (χ3v) is 20.2. The topological polar surface area (TPSA) is 372 Å². The lowest BCUT2D eigenvalue weighted by molar-refractivity contribution is -0.390.